The SMILES string of the molecule is CC(C)CC(NC(=O)C(N)CCC(N)=O)C(=O)NC(Cc1ccccc1)C(=O)NC(CC(=O)O)C(=O)O. The Hall–Kier alpha value is -4.00. The molecular formula is C24H35N5O8. The zero-order chi connectivity index (χ0) is 28.1. The van der Waals surface area contributed by atoms with E-state index in [1.807, 2.05) is 13.8 Å². The summed E-state index contributed by atoms with van der Waals surface area (Å²) < 4.78 is 0. The first-order chi connectivity index (χ1) is 17.3. The number of hydrogen-bond donors (Lipinski definition) is 7. The number of rotatable bonds is 16. The quantitative estimate of drug-likeness (QED) is 0.139. The van der Waals surface area contributed by atoms with E-state index in [0.29, 0.717) is 5.56 Å². The van der Waals surface area contributed by atoms with Gasteiger partial charge in [0.2, 0.25) is 23.6 Å². The van der Waals surface area contributed by atoms with Crippen LogP contribution >= 0.6 is 0 Å². The van der Waals surface area contributed by atoms with Crippen LogP contribution in [0.4, 0.5) is 0 Å². The summed E-state index contributed by atoms with van der Waals surface area (Å²) in [7, 11) is 0. The van der Waals surface area contributed by atoms with E-state index in [1.54, 1.807) is 30.3 Å². The fraction of sp³-hybridized carbons (Fsp3) is 0.500. The van der Waals surface area contributed by atoms with Gasteiger partial charge in [0.1, 0.15) is 18.1 Å². The second-order valence-electron chi connectivity index (χ2n) is 9.05. The second kappa shape index (κ2) is 15.2. The van der Waals surface area contributed by atoms with E-state index in [4.69, 9.17) is 16.6 Å². The molecule has 37 heavy (non-hydrogen) atoms. The molecule has 0 heterocycles. The number of primary amides is 1. The average Bonchev–Trinajstić information content (AvgIpc) is 2.80. The van der Waals surface area contributed by atoms with Crippen molar-refractivity contribution >= 4 is 35.6 Å². The van der Waals surface area contributed by atoms with Gasteiger partial charge in [-0.2, -0.15) is 0 Å². The first-order valence-corrected chi connectivity index (χ1v) is 11.7. The standard InChI is InChI=1S/C24H35N5O8/c1-13(2)10-16(27-21(33)15(25)8-9-19(26)30)22(34)28-17(11-14-6-4-3-5-7-14)23(35)29-18(24(36)37)12-20(31)32/h3-7,13,15-18H,8-12,25H2,1-2H3,(H2,26,30)(H,27,33)(H,28,34)(H,29,35)(H,31,32)(H,36,37). The molecule has 0 aliphatic heterocycles. The molecule has 4 atom stereocenters. The Balaban J connectivity index is 3.10. The van der Waals surface area contributed by atoms with Crippen LogP contribution in [0.1, 0.15) is 45.1 Å². The molecule has 1 aromatic carbocycles. The molecule has 4 amide bonds. The third kappa shape index (κ3) is 12.0. The van der Waals surface area contributed by atoms with Crippen LogP contribution in [0.15, 0.2) is 30.3 Å². The van der Waals surface area contributed by atoms with Crippen LogP contribution < -0.4 is 27.4 Å². The van der Waals surface area contributed by atoms with E-state index in [2.05, 4.69) is 16.0 Å². The molecule has 0 saturated carbocycles. The number of carbonyl (C=O) groups excluding carboxylic acids is 4. The first kappa shape index (κ1) is 31.0. The van der Waals surface area contributed by atoms with Gasteiger partial charge >= 0.3 is 11.9 Å². The Bertz CT molecular complexity index is 969. The molecule has 13 heteroatoms. The number of carboxylic acids is 2. The highest BCUT2D eigenvalue weighted by molar-refractivity contribution is 5.94. The summed E-state index contributed by atoms with van der Waals surface area (Å²) in [5.41, 5.74) is 11.5. The average molecular weight is 522 g/mol. The van der Waals surface area contributed by atoms with Crippen molar-refractivity contribution in [2.45, 2.75) is 70.1 Å². The molecule has 0 radical (unpaired) electrons. The summed E-state index contributed by atoms with van der Waals surface area (Å²) in [4.78, 5) is 72.1. The van der Waals surface area contributed by atoms with Crippen molar-refractivity contribution in [3.63, 3.8) is 0 Å². The fourth-order valence-electron chi connectivity index (χ4n) is 3.39. The molecule has 1 rings (SSSR count). The minimum absolute atomic E-state index is 0.0175. The molecule has 1 aromatic rings. The van der Waals surface area contributed by atoms with Gasteiger partial charge in [-0.25, -0.2) is 4.79 Å². The minimum Gasteiger partial charge on any atom is -0.481 e. The van der Waals surface area contributed by atoms with Gasteiger partial charge in [0, 0.05) is 12.8 Å². The predicted octanol–water partition coefficient (Wildman–Crippen LogP) is -1.12. The number of carbonyl (C=O) groups is 6. The Labute approximate surface area is 214 Å². The molecule has 0 aromatic heterocycles. The van der Waals surface area contributed by atoms with E-state index in [1.165, 1.54) is 0 Å². The van der Waals surface area contributed by atoms with E-state index >= 15 is 0 Å². The summed E-state index contributed by atoms with van der Waals surface area (Å²) in [5, 5.41) is 25.5. The van der Waals surface area contributed by atoms with Crippen molar-refractivity contribution in [1.82, 2.24) is 16.0 Å². The maximum Gasteiger partial charge on any atom is 0.326 e. The number of amides is 4. The zero-order valence-corrected chi connectivity index (χ0v) is 20.8. The molecule has 9 N–H and O–H groups in total. The molecule has 204 valence electrons. The Morgan fingerprint density at radius 3 is 1.89 bits per heavy atom. The Morgan fingerprint density at radius 2 is 1.38 bits per heavy atom. The molecule has 0 bridgehead atoms. The largest absolute Gasteiger partial charge is 0.481 e. The highest BCUT2D eigenvalue weighted by Gasteiger charge is 2.31. The highest BCUT2D eigenvalue weighted by Crippen LogP contribution is 2.09. The molecule has 0 saturated heterocycles. The van der Waals surface area contributed by atoms with Crippen LogP contribution in [0, 0.1) is 5.92 Å². The van der Waals surface area contributed by atoms with E-state index in [9.17, 15) is 33.9 Å². The minimum atomic E-state index is -1.71. The number of nitrogens with two attached hydrogens (primary N) is 2. The molecule has 0 spiro atoms. The lowest BCUT2D eigenvalue weighted by Crippen LogP contribution is -2.58. The van der Waals surface area contributed by atoms with Crippen LogP contribution in [0.2, 0.25) is 0 Å². The third-order valence-electron chi connectivity index (χ3n) is 5.29. The fourth-order valence-corrected chi connectivity index (χ4v) is 3.39. The number of nitrogens with one attached hydrogen (secondary N) is 3. The zero-order valence-electron chi connectivity index (χ0n) is 20.8. The smallest absolute Gasteiger partial charge is 0.326 e. The lowest BCUT2D eigenvalue weighted by atomic mass is 10.00. The van der Waals surface area contributed by atoms with Gasteiger partial charge in [-0.3, -0.25) is 24.0 Å². The van der Waals surface area contributed by atoms with Crippen molar-refractivity contribution in [2.24, 2.45) is 17.4 Å². The highest BCUT2D eigenvalue weighted by atomic mass is 16.4. The second-order valence-corrected chi connectivity index (χ2v) is 9.05. The van der Waals surface area contributed by atoms with Crippen LogP contribution in [-0.4, -0.2) is 69.9 Å². The Kier molecular flexibility index (Phi) is 12.7. The normalized spacial score (nSPS) is 14.1. The summed E-state index contributed by atoms with van der Waals surface area (Å²) in [6.45, 7) is 3.63. The van der Waals surface area contributed by atoms with Gasteiger partial charge in [0.25, 0.3) is 0 Å². The number of hydrogen-bond acceptors (Lipinski definition) is 7. The molecule has 4 unspecified atom stereocenters. The topological polar surface area (TPSA) is 231 Å². The lowest BCUT2D eigenvalue weighted by Gasteiger charge is -2.26. The molecular weight excluding hydrogens is 486 g/mol. The van der Waals surface area contributed by atoms with Crippen LogP contribution in [0.3, 0.4) is 0 Å². The number of aliphatic carboxylic acids is 2. The molecule has 0 fully saturated rings. The first-order valence-electron chi connectivity index (χ1n) is 11.7. The maximum absolute atomic E-state index is 13.2. The van der Waals surface area contributed by atoms with Gasteiger partial charge in [-0.1, -0.05) is 44.2 Å². The van der Waals surface area contributed by atoms with E-state index in [0.717, 1.165) is 0 Å². The number of carboxylic acid groups (broad SMARTS) is 2. The van der Waals surface area contributed by atoms with E-state index in [-0.39, 0.29) is 31.6 Å². The summed E-state index contributed by atoms with van der Waals surface area (Å²) >= 11 is 0. The lowest BCUT2D eigenvalue weighted by molar-refractivity contribution is -0.147. The monoisotopic (exact) mass is 521 g/mol. The van der Waals surface area contributed by atoms with Gasteiger partial charge < -0.3 is 37.6 Å². The van der Waals surface area contributed by atoms with E-state index < -0.39 is 66.2 Å². The van der Waals surface area contributed by atoms with Crippen LogP contribution in [0.5, 0.6) is 0 Å². The van der Waals surface area contributed by atoms with Crippen LogP contribution in [0.25, 0.3) is 0 Å². The molecule has 0 aliphatic rings. The van der Waals surface area contributed by atoms with Crippen molar-refractivity contribution < 1.29 is 39.0 Å². The van der Waals surface area contributed by atoms with Gasteiger partial charge in [0.05, 0.1) is 12.5 Å². The van der Waals surface area contributed by atoms with Crippen LogP contribution in [-0.2, 0) is 35.2 Å². The third-order valence-corrected chi connectivity index (χ3v) is 5.29. The van der Waals surface area contributed by atoms with Crippen molar-refractivity contribution in [2.75, 3.05) is 0 Å². The van der Waals surface area contributed by atoms with Crippen molar-refractivity contribution in [3.8, 4) is 0 Å². The van der Waals surface area contributed by atoms with Gasteiger partial charge in [-0.15, -0.1) is 0 Å². The maximum atomic E-state index is 13.2. The van der Waals surface area contributed by atoms with Gasteiger partial charge in [0.15, 0.2) is 0 Å². The molecule has 0 aliphatic carbocycles. The Morgan fingerprint density at radius 1 is 0.838 bits per heavy atom. The molecule has 13 nitrogen and oxygen atoms in total. The van der Waals surface area contributed by atoms with Crippen molar-refractivity contribution in [1.29, 1.82) is 0 Å². The summed E-state index contributed by atoms with van der Waals surface area (Å²) in [5.74, 6) is -5.95. The summed E-state index contributed by atoms with van der Waals surface area (Å²) in [6.07, 6.45) is -0.830. The predicted molar refractivity (Wildman–Crippen MR) is 132 cm³/mol. The van der Waals surface area contributed by atoms with Crippen molar-refractivity contribution in [3.05, 3.63) is 35.9 Å². The van der Waals surface area contributed by atoms with Gasteiger partial charge in [-0.05, 0) is 24.3 Å². The summed E-state index contributed by atoms with van der Waals surface area (Å²) in [6, 6.07) is 3.40. The number of benzene rings is 1.